The molecule has 0 radical (unpaired) electrons. The van der Waals surface area contributed by atoms with Crippen molar-refractivity contribution in [2.24, 2.45) is 10.9 Å². The van der Waals surface area contributed by atoms with E-state index >= 15 is 0 Å². The SMILES string of the molecule is Cc1sc2c(c1C)C(c1ccc(NCc3ccc(F)cc3F)cc1)=N[C@@H](C(C)C(=O)O)c1nnc(C)n1-2. The summed E-state index contributed by atoms with van der Waals surface area (Å²) in [7, 11) is 0. The van der Waals surface area contributed by atoms with Crippen LogP contribution in [-0.2, 0) is 11.3 Å². The molecule has 2 atom stereocenters. The molecule has 1 unspecified atom stereocenters. The van der Waals surface area contributed by atoms with Gasteiger partial charge in [-0.1, -0.05) is 18.2 Å². The third kappa shape index (κ3) is 4.42. The number of carbonyl (C=O) groups is 1. The molecule has 5 rings (SSSR count). The van der Waals surface area contributed by atoms with E-state index in [1.807, 2.05) is 49.6 Å². The Balaban J connectivity index is 1.55. The minimum Gasteiger partial charge on any atom is -0.481 e. The van der Waals surface area contributed by atoms with Crippen LogP contribution in [0.2, 0.25) is 0 Å². The highest BCUT2D eigenvalue weighted by Gasteiger charge is 2.36. The number of aliphatic imine (C=N–C) groups is 1. The number of hydrogen-bond donors (Lipinski definition) is 2. The number of thiophene rings is 1. The van der Waals surface area contributed by atoms with Gasteiger partial charge < -0.3 is 10.4 Å². The van der Waals surface area contributed by atoms with Gasteiger partial charge >= 0.3 is 5.97 Å². The van der Waals surface area contributed by atoms with E-state index in [1.54, 1.807) is 18.3 Å². The van der Waals surface area contributed by atoms with Gasteiger partial charge in [-0.2, -0.15) is 0 Å². The molecule has 190 valence electrons. The van der Waals surface area contributed by atoms with Gasteiger partial charge in [0.25, 0.3) is 0 Å². The number of nitrogens with one attached hydrogen (secondary N) is 1. The Morgan fingerprint density at radius 2 is 1.86 bits per heavy atom. The Morgan fingerprint density at radius 1 is 1.14 bits per heavy atom. The number of nitrogens with zero attached hydrogens (tertiary/aromatic N) is 4. The van der Waals surface area contributed by atoms with Gasteiger partial charge in [-0.15, -0.1) is 21.5 Å². The summed E-state index contributed by atoms with van der Waals surface area (Å²) in [5, 5.41) is 22.5. The second-order valence-corrected chi connectivity index (χ2v) is 10.3. The number of hydrogen-bond acceptors (Lipinski definition) is 6. The zero-order valence-electron chi connectivity index (χ0n) is 20.7. The summed E-state index contributed by atoms with van der Waals surface area (Å²) in [4.78, 5) is 18.1. The van der Waals surface area contributed by atoms with Crippen molar-refractivity contribution < 1.29 is 18.7 Å². The highest BCUT2D eigenvalue weighted by molar-refractivity contribution is 7.15. The number of fused-ring (bicyclic) bond motifs is 3. The molecular weight excluding hydrogens is 496 g/mol. The molecular formula is C27H25F2N5O2S. The monoisotopic (exact) mass is 521 g/mol. The molecule has 2 aromatic heterocycles. The second-order valence-electron chi connectivity index (χ2n) is 9.12. The molecule has 37 heavy (non-hydrogen) atoms. The largest absolute Gasteiger partial charge is 0.481 e. The van der Waals surface area contributed by atoms with E-state index in [0.29, 0.717) is 22.9 Å². The van der Waals surface area contributed by atoms with Crippen LogP contribution in [0.4, 0.5) is 14.5 Å². The molecule has 10 heteroatoms. The molecule has 0 bridgehead atoms. The summed E-state index contributed by atoms with van der Waals surface area (Å²) in [5.74, 6) is -1.83. The quantitative estimate of drug-likeness (QED) is 0.337. The van der Waals surface area contributed by atoms with Crippen molar-refractivity contribution in [3.05, 3.63) is 92.9 Å². The molecule has 2 N–H and O–H groups in total. The summed E-state index contributed by atoms with van der Waals surface area (Å²) in [6.45, 7) is 7.76. The van der Waals surface area contributed by atoms with Crippen LogP contribution in [0.15, 0.2) is 47.5 Å². The first-order chi connectivity index (χ1) is 17.7. The fourth-order valence-corrected chi connectivity index (χ4v) is 5.64. The number of anilines is 1. The predicted octanol–water partition coefficient (Wildman–Crippen LogP) is 5.76. The normalized spacial score (nSPS) is 15.4. The molecule has 0 aliphatic carbocycles. The first-order valence-corrected chi connectivity index (χ1v) is 12.6. The van der Waals surface area contributed by atoms with E-state index in [2.05, 4.69) is 15.5 Å². The lowest BCUT2D eigenvalue weighted by Gasteiger charge is -2.16. The first kappa shape index (κ1) is 24.8. The molecule has 2 aromatic carbocycles. The number of aromatic nitrogens is 3. The van der Waals surface area contributed by atoms with Crippen LogP contribution in [0, 0.1) is 38.3 Å². The van der Waals surface area contributed by atoms with Gasteiger partial charge in [0, 0.05) is 39.9 Å². The molecule has 0 amide bonds. The fraction of sp³-hybridized carbons (Fsp3) is 0.259. The lowest BCUT2D eigenvalue weighted by molar-refractivity contribution is -0.141. The lowest BCUT2D eigenvalue weighted by atomic mass is 9.98. The highest BCUT2D eigenvalue weighted by Crippen LogP contribution is 2.40. The van der Waals surface area contributed by atoms with Gasteiger partial charge in [0.1, 0.15) is 28.5 Å². The maximum Gasteiger partial charge on any atom is 0.308 e. The minimum absolute atomic E-state index is 0.199. The van der Waals surface area contributed by atoms with Crippen LogP contribution >= 0.6 is 11.3 Å². The fourth-order valence-electron chi connectivity index (χ4n) is 4.43. The third-order valence-corrected chi connectivity index (χ3v) is 7.90. The number of aryl methyl sites for hydroxylation is 2. The van der Waals surface area contributed by atoms with Crippen LogP contribution < -0.4 is 5.32 Å². The molecule has 0 saturated carbocycles. The Labute approximate surface area is 216 Å². The average molecular weight is 522 g/mol. The molecule has 3 heterocycles. The van der Waals surface area contributed by atoms with Crippen molar-refractivity contribution in [1.82, 2.24) is 14.8 Å². The van der Waals surface area contributed by atoms with Gasteiger partial charge in [-0.3, -0.25) is 14.4 Å². The van der Waals surface area contributed by atoms with Crippen LogP contribution in [0.3, 0.4) is 0 Å². The predicted molar refractivity (Wildman–Crippen MR) is 139 cm³/mol. The molecule has 1 aliphatic rings. The number of carboxylic acids is 1. The van der Waals surface area contributed by atoms with E-state index in [1.165, 1.54) is 12.1 Å². The Bertz CT molecular complexity index is 1540. The van der Waals surface area contributed by atoms with Gasteiger partial charge in [0.05, 0.1) is 11.6 Å². The van der Waals surface area contributed by atoms with Crippen LogP contribution in [0.25, 0.3) is 5.00 Å². The standard InChI is InChI=1S/C27H25F2N5O2S/c1-13-15(3)37-26-22(13)24(31-23(14(2)27(35)36)25-33-32-16(4)34(25)26)17-6-9-20(10-7-17)30-12-18-5-8-19(28)11-21(18)29/h5-11,14,23,30H,12H2,1-4H3,(H,35,36)/t14?,23-/m0/s1. The molecule has 0 spiro atoms. The first-order valence-electron chi connectivity index (χ1n) is 11.8. The summed E-state index contributed by atoms with van der Waals surface area (Å²) < 4.78 is 29.1. The van der Waals surface area contributed by atoms with Gasteiger partial charge in [0.2, 0.25) is 0 Å². The number of carboxylic acid groups (broad SMARTS) is 1. The summed E-state index contributed by atoms with van der Waals surface area (Å²) in [6, 6.07) is 10.3. The van der Waals surface area contributed by atoms with Crippen LogP contribution in [0.5, 0.6) is 0 Å². The van der Waals surface area contributed by atoms with E-state index in [4.69, 9.17) is 4.99 Å². The van der Waals surface area contributed by atoms with E-state index < -0.39 is 29.6 Å². The van der Waals surface area contributed by atoms with Crippen molar-refractivity contribution in [2.75, 3.05) is 5.32 Å². The van der Waals surface area contributed by atoms with Gasteiger partial charge in [-0.05, 0) is 51.5 Å². The molecule has 0 saturated heterocycles. The van der Waals surface area contributed by atoms with Crippen LogP contribution in [0.1, 0.15) is 51.7 Å². The smallest absolute Gasteiger partial charge is 0.308 e. The molecule has 4 aromatic rings. The van der Waals surface area contributed by atoms with Crippen LogP contribution in [-0.4, -0.2) is 31.6 Å². The highest BCUT2D eigenvalue weighted by atomic mass is 32.1. The third-order valence-electron chi connectivity index (χ3n) is 6.71. The summed E-state index contributed by atoms with van der Waals surface area (Å²) >= 11 is 1.60. The van der Waals surface area contributed by atoms with Crippen molar-refractivity contribution in [1.29, 1.82) is 0 Å². The van der Waals surface area contributed by atoms with Crippen molar-refractivity contribution in [2.45, 2.75) is 40.3 Å². The average Bonchev–Trinajstić information content (AvgIpc) is 3.33. The Kier molecular flexibility index (Phi) is 6.36. The molecule has 7 nitrogen and oxygen atoms in total. The lowest BCUT2D eigenvalue weighted by Crippen LogP contribution is -2.21. The summed E-state index contributed by atoms with van der Waals surface area (Å²) in [6.07, 6.45) is 0. The topological polar surface area (TPSA) is 92.4 Å². The Morgan fingerprint density at radius 3 is 2.54 bits per heavy atom. The van der Waals surface area contributed by atoms with Gasteiger partial charge in [-0.25, -0.2) is 8.78 Å². The maximum atomic E-state index is 14.0. The van der Waals surface area contributed by atoms with Gasteiger partial charge in [0.15, 0.2) is 5.82 Å². The maximum absolute atomic E-state index is 14.0. The number of benzene rings is 2. The second kappa shape index (κ2) is 9.51. The molecule has 1 aliphatic heterocycles. The molecule has 0 fully saturated rings. The number of halogens is 2. The van der Waals surface area contributed by atoms with Crippen molar-refractivity contribution >= 4 is 28.7 Å². The summed E-state index contributed by atoms with van der Waals surface area (Å²) in [5.41, 5.74) is 4.62. The zero-order valence-corrected chi connectivity index (χ0v) is 21.5. The van der Waals surface area contributed by atoms with Crippen molar-refractivity contribution in [3.63, 3.8) is 0 Å². The number of rotatable bonds is 6. The minimum atomic E-state index is -0.967. The zero-order chi connectivity index (χ0) is 26.4. The van der Waals surface area contributed by atoms with Crippen molar-refractivity contribution in [3.8, 4) is 5.00 Å². The number of aliphatic carboxylic acids is 1. The van der Waals surface area contributed by atoms with E-state index in [-0.39, 0.29) is 6.54 Å². The van der Waals surface area contributed by atoms with E-state index in [0.717, 1.165) is 38.3 Å². The van der Waals surface area contributed by atoms with E-state index in [9.17, 15) is 18.7 Å². The Hall–Kier alpha value is -3.92.